The molecular formula is C55H63F12N11O15S2. The number of fused-ring (bicyclic) bond motifs is 5. The minimum atomic E-state index is -5.08. The molecule has 1 aliphatic rings. The van der Waals surface area contributed by atoms with Gasteiger partial charge in [-0.2, -0.15) is 57.9 Å². The molecule has 2 heterocycles. The Balaban J connectivity index is 0.00000133. The molecule has 5 amide bonds. The fraction of sp³-hybridized carbons (Fsp3) is 0.418. The van der Waals surface area contributed by atoms with E-state index in [2.05, 4.69) is 38.2 Å². The van der Waals surface area contributed by atoms with Crippen LogP contribution in [0.3, 0.4) is 0 Å². The summed E-state index contributed by atoms with van der Waals surface area (Å²) < 4.78 is 139. The molecule has 0 radical (unpaired) electrons. The highest BCUT2D eigenvalue weighted by molar-refractivity contribution is 8.76. The molecule has 26 nitrogen and oxygen atoms in total. The highest BCUT2D eigenvalue weighted by Crippen LogP contribution is 2.40. The second kappa shape index (κ2) is 39.5. The minimum absolute atomic E-state index is 0.000756. The Labute approximate surface area is 539 Å². The number of carboxylic acids is 4. The summed E-state index contributed by atoms with van der Waals surface area (Å²) in [6.07, 6.45) is -16.6. The van der Waals surface area contributed by atoms with Crippen LogP contribution in [-0.4, -0.2) is 184 Å². The Morgan fingerprint density at radius 2 is 1.24 bits per heavy atom. The normalized spacial score (nSPS) is 14.8. The van der Waals surface area contributed by atoms with Crippen LogP contribution < -0.4 is 47.9 Å². The lowest BCUT2D eigenvalue weighted by Crippen LogP contribution is -2.56. The van der Waals surface area contributed by atoms with Gasteiger partial charge in [0.05, 0.1) is 17.3 Å². The number of ether oxygens (including phenoxy) is 2. The van der Waals surface area contributed by atoms with Crippen LogP contribution in [0.15, 0.2) is 71.8 Å². The van der Waals surface area contributed by atoms with Crippen molar-refractivity contribution in [2.45, 2.75) is 100 Å². The summed E-state index contributed by atoms with van der Waals surface area (Å²) in [6, 6.07) is 14.9. The summed E-state index contributed by atoms with van der Waals surface area (Å²) in [6.45, 7) is 5.65. The number of aliphatic carboxylic acids is 4. The first-order valence-electron chi connectivity index (χ1n) is 27.0. The summed E-state index contributed by atoms with van der Waals surface area (Å²) in [5, 5.41) is 48.4. The topological polar surface area (TPSA) is 432 Å². The maximum absolute atomic E-state index is 14.7. The third kappa shape index (κ3) is 29.3. The van der Waals surface area contributed by atoms with Crippen molar-refractivity contribution in [3.8, 4) is 40.1 Å². The number of halogens is 12. The van der Waals surface area contributed by atoms with Crippen molar-refractivity contribution in [3.63, 3.8) is 0 Å². The maximum Gasteiger partial charge on any atom is 0.490 e. The van der Waals surface area contributed by atoms with Gasteiger partial charge in [-0.05, 0) is 80.8 Å². The lowest BCUT2D eigenvalue weighted by atomic mass is 9.93. The van der Waals surface area contributed by atoms with Crippen LogP contribution in [0.25, 0.3) is 22.5 Å². The van der Waals surface area contributed by atoms with E-state index < -0.39 is 102 Å². The quantitative estimate of drug-likeness (QED) is 0.0219. The molecule has 1 aliphatic heterocycles. The zero-order valence-electron chi connectivity index (χ0n) is 50.1. The van der Waals surface area contributed by atoms with Gasteiger partial charge in [0, 0.05) is 60.1 Å². The average molecular weight is 1410 g/mol. The van der Waals surface area contributed by atoms with E-state index in [0.29, 0.717) is 45.3 Å². The molecule has 5 rings (SSSR count). The van der Waals surface area contributed by atoms with Gasteiger partial charge in [0.25, 0.3) is 5.91 Å². The standard InChI is InChI=1S/C47H59N11O7S2.4C2HF3O2/c1-5-6-23-66-67-33-11-8-31(9-12-33)42-53-27-36(28(2)54-42)44(60)56-37(15-16-48)47(63)58(4)41-32-10-14-40(65-22-19-51)35(26-32)34-24-30(7-13-39(34)64-21-18-50)25-38(45(61)52-20-17-49)57-43(59)29(3)55-46(41)62;4*3-2(4,5)1(6)7/h7-14,24,26-27,29,37-38,41H,5-6,15-16,18-23,25,48,50-51H2,1-4H3,(H,52,61)(H,55,62)(H,56,60)(H,57,59);4*(H,6,7)/t29-,37-,38-,41-;;;;/m0..../s1. The zero-order valence-corrected chi connectivity index (χ0v) is 51.7. The number of aromatic nitrogens is 2. The molecule has 4 atom stereocenters. The number of nitrogens with zero attached hydrogens (tertiary/aromatic N) is 4. The molecule has 40 heteroatoms. The lowest BCUT2D eigenvalue weighted by molar-refractivity contribution is -0.193. The monoisotopic (exact) mass is 1410 g/mol. The van der Waals surface area contributed by atoms with Crippen molar-refractivity contribution in [1.82, 2.24) is 36.1 Å². The fourth-order valence-electron chi connectivity index (χ4n) is 7.17. The van der Waals surface area contributed by atoms with Gasteiger partial charge >= 0.3 is 48.6 Å². The molecule has 1 aromatic heterocycles. The van der Waals surface area contributed by atoms with Crippen molar-refractivity contribution in [3.05, 3.63) is 89.2 Å². The Morgan fingerprint density at radius 3 is 1.69 bits per heavy atom. The van der Waals surface area contributed by atoms with Gasteiger partial charge < -0.3 is 73.3 Å². The van der Waals surface area contributed by atoms with Gasteiger partial charge in [-0.25, -0.2) is 29.1 Å². The highest BCUT2D eigenvalue weighted by Gasteiger charge is 2.41. The van der Waals surface area contributed by atoms with Crippen LogP contribution in [0, 0.1) is 18.3 Å². The molecule has 4 bridgehead atoms. The molecule has 0 spiro atoms. The van der Waals surface area contributed by atoms with E-state index >= 15 is 0 Å². The van der Waals surface area contributed by atoms with Crippen molar-refractivity contribution in [1.29, 1.82) is 5.26 Å². The van der Waals surface area contributed by atoms with E-state index in [1.165, 1.54) is 25.1 Å². The fourth-order valence-corrected chi connectivity index (χ4v) is 9.39. The van der Waals surface area contributed by atoms with Gasteiger partial charge in [0.15, 0.2) is 5.82 Å². The van der Waals surface area contributed by atoms with Gasteiger partial charge in [-0.15, -0.1) is 0 Å². The first-order chi connectivity index (χ1) is 44.1. The number of unbranched alkanes of at least 4 members (excludes halogenated alkanes) is 1. The van der Waals surface area contributed by atoms with E-state index in [9.17, 15) is 76.7 Å². The number of nitrogens with one attached hydrogen (secondary N) is 4. The summed E-state index contributed by atoms with van der Waals surface area (Å²) in [4.78, 5) is 117. The number of hydrogen-bond acceptors (Lipinski definition) is 19. The number of aryl methyl sites for hydroxylation is 1. The van der Waals surface area contributed by atoms with Crippen LogP contribution in [0.2, 0.25) is 0 Å². The largest absolute Gasteiger partial charge is 0.492 e. The van der Waals surface area contributed by atoms with Gasteiger partial charge in [0.2, 0.25) is 23.6 Å². The molecule has 0 saturated carbocycles. The number of likely N-dealkylation sites (N-methyl/N-ethyl adjacent to an activating group) is 1. The number of nitrogens with two attached hydrogens (primary N) is 3. The second-order valence-corrected chi connectivity index (χ2v) is 21.4. The van der Waals surface area contributed by atoms with Gasteiger partial charge in [-0.3, -0.25) is 24.0 Å². The molecule has 0 aliphatic carbocycles. The molecule has 95 heavy (non-hydrogen) atoms. The van der Waals surface area contributed by atoms with Gasteiger partial charge in [-0.1, -0.05) is 59.2 Å². The number of carboxylic acid groups (broad SMARTS) is 4. The maximum atomic E-state index is 14.7. The lowest BCUT2D eigenvalue weighted by Gasteiger charge is -2.32. The van der Waals surface area contributed by atoms with E-state index in [-0.39, 0.29) is 57.8 Å². The van der Waals surface area contributed by atoms with E-state index in [1.807, 2.05) is 30.3 Å². The number of rotatable bonds is 20. The second-order valence-electron chi connectivity index (χ2n) is 18.9. The number of benzene rings is 3. The first kappa shape index (κ1) is 83.8. The van der Waals surface area contributed by atoms with Crippen LogP contribution in [0.5, 0.6) is 11.5 Å². The Hall–Kier alpha value is -9.20. The highest BCUT2D eigenvalue weighted by atomic mass is 33.1. The molecule has 0 saturated heterocycles. The molecule has 0 unspecified atom stereocenters. The number of hydrogen-bond donors (Lipinski definition) is 11. The van der Waals surface area contributed by atoms with Crippen molar-refractivity contribution >= 4 is 75.0 Å². The molecular weight excluding hydrogens is 1350 g/mol. The van der Waals surface area contributed by atoms with Crippen molar-refractivity contribution < 1.29 is 126 Å². The molecule has 14 N–H and O–H groups in total. The zero-order chi connectivity index (χ0) is 72.8. The summed E-state index contributed by atoms with van der Waals surface area (Å²) >= 11 is 0. The number of amides is 5. The molecule has 4 aromatic rings. The smallest absolute Gasteiger partial charge is 0.490 e. The molecule has 0 fully saturated rings. The third-order valence-corrected chi connectivity index (χ3v) is 14.1. The summed E-state index contributed by atoms with van der Waals surface area (Å²) in [5.74, 6) is -12.1. The Kier molecular flexibility index (Phi) is 34.8. The number of alkyl halides is 12. The van der Waals surface area contributed by atoms with Crippen molar-refractivity contribution in [2.24, 2.45) is 17.2 Å². The van der Waals surface area contributed by atoms with Gasteiger partial charge in [0.1, 0.15) is 55.4 Å². The number of nitriles is 1. The minimum Gasteiger partial charge on any atom is -0.492 e. The van der Waals surface area contributed by atoms with Crippen LogP contribution in [-0.2, 0) is 44.8 Å². The molecule has 3 aromatic carbocycles. The Morgan fingerprint density at radius 1 is 0.747 bits per heavy atom. The predicted molar refractivity (Wildman–Crippen MR) is 313 cm³/mol. The predicted octanol–water partition coefficient (Wildman–Crippen LogP) is 5.70. The summed E-state index contributed by atoms with van der Waals surface area (Å²) in [5.41, 5.74) is 20.9. The van der Waals surface area contributed by atoms with Crippen LogP contribution >= 0.6 is 21.6 Å². The first-order valence-corrected chi connectivity index (χ1v) is 29.3. The van der Waals surface area contributed by atoms with E-state index in [1.54, 1.807) is 64.9 Å². The molecule has 524 valence electrons. The van der Waals surface area contributed by atoms with E-state index in [4.69, 9.17) is 71.5 Å². The van der Waals surface area contributed by atoms with Crippen LogP contribution in [0.1, 0.15) is 66.3 Å². The third-order valence-electron chi connectivity index (χ3n) is 11.7. The number of carbonyl (C=O) groups excluding carboxylic acids is 5. The number of carbonyl (C=O) groups is 9. The average Bonchev–Trinajstić information content (AvgIpc) is 0.785. The Bertz CT molecular complexity index is 3210. The van der Waals surface area contributed by atoms with Crippen molar-refractivity contribution in [2.75, 3.05) is 52.2 Å². The van der Waals surface area contributed by atoms with E-state index in [0.717, 1.165) is 29.1 Å². The summed E-state index contributed by atoms with van der Waals surface area (Å²) in [7, 11) is 4.93. The van der Waals surface area contributed by atoms with Crippen LogP contribution in [0.4, 0.5) is 52.7 Å². The SMILES string of the molecule is CCCCSSc1ccc(-c2ncc(C(=O)N[C@@H](CCN)C(=O)N(C)[C@@H]3C(=O)N[C@@H](C)C(=O)N[C@H](C(=O)NCC#N)Cc4ccc(OCCN)c(c4)-c4cc3ccc4OCCN)c(C)n2)cc1.O=C(O)C(F)(F)F.O=C(O)C(F)(F)F.O=C(O)C(F)(F)F.O=C(O)C(F)(F)F.